The molecule has 2 aromatic rings. The average molecular weight is 665 g/mol. The van der Waals surface area contributed by atoms with Gasteiger partial charge in [-0.2, -0.15) is 26.3 Å². The average Bonchev–Trinajstić information content (AvgIpc) is 2.99. The number of fused-ring (bicyclic) bond motifs is 1. The Labute approximate surface area is 263 Å². The number of aliphatic hydroxyl groups excluding tert-OH is 1. The minimum Gasteiger partial charge on any atom is -0.493 e. The zero-order valence-electron chi connectivity index (χ0n) is 26.0. The van der Waals surface area contributed by atoms with Gasteiger partial charge in [-0.3, -0.25) is 9.80 Å². The van der Waals surface area contributed by atoms with E-state index in [4.69, 9.17) is 24.1 Å². The van der Waals surface area contributed by atoms with Gasteiger partial charge in [-0.15, -0.1) is 0 Å². The number of alkyl halides is 6. The zero-order chi connectivity index (χ0) is 34.2. The van der Waals surface area contributed by atoms with E-state index in [1.54, 1.807) is 13.8 Å². The molecule has 2 aromatic carbocycles. The molecule has 2 amide bonds. The Hall–Kier alpha value is -3.88. The molecule has 2 atom stereocenters. The molecule has 1 N–H and O–H groups in total. The van der Waals surface area contributed by atoms with Crippen LogP contribution < -0.4 is 14.4 Å². The lowest BCUT2D eigenvalue weighted by molar-refractivity contribution is -0.143. The highest BCUT2D eigenvalue weighted by Gasteiger charge is 2.42. The largest absolute Gasteiger partial charge is 0.493 e. The minimum atomic E-state index is -5.08. The van der Waals surface area contributed by atoms with Crippen molar-refractivity contribution in [2.24, 2.45) is 0 Å². The quantitative estimate of drug-likeness (QED) is 0.183. The summed E-state index contributed by atoms with van der Waals surface area (Å²) in [5.74, 6) is 0.489. The first-order valence-corrected chi connectivity index (χ1v) is 14.7. The molecule has 0 radical (unpaired) electrons. The van der Waals surface area contributed by atoms with Crippen molar-refractivity contribution in [2.75, 3.05) is 38.9 Å². The molecule has 1 heterocycles. The van der Waals surface area contributed by atoms with Crippen LogP contribution >= 0.6 is 0 Å². The summed E-state index contributed by atoms with van der Waals surface area (Å²) in [6.07, 6.45) is -8.94. The van der Waals surface area contributed by atoms with Gasteiger partial charge < -0.3 is 24.1 Å². The predicted octanol–water partition coefficient (Wildman–Crippen LogP) is 7.73. The van der Waals surface area contributed by atoms with Crippen molar-refractivity contribution in [1.82, 2.24) is 4.90 Å². The molecule has 3 rings (SSSR count). The summed E-state index contributed by atoms with van der Waals surface area (Å²) in [5.41, 5.74) is -2.90. The lowest BCUT2D eigenvalue weighted by atomic mass is 9.90. The number of ether oxygens (including phenoxy) is 4. The summed E-state index contributed by atoms with van der Waals surface area (Å²) in [6, 6.07) is 2.55. The summed E-state index contributed by atoms with van der Waals surface area (Å²) in [4.78, 5) is 28.7. The molecule has 256 valence electrons. The van der Waals surface area contributed by atoms with E-state index in [1.165, 1.54) is 24.1 Å². The third kappa shape index (κ3) is 8.89. The number of methoxy groups -OCH3 is 2. The number of hydrogen-bond acceptors (Lipinski definition) is 7. The monoisotopic (exact) mass is 664 g/mol. The van der Waals surface area contributed by atoms with Crippen LogP contribution in [-0.4, -0.2) is 62.3 Å². The first-order chi connectivity index (χ1) is 21.7. The van der Waals surface area contributed by atoms with Crippen molar-refractivity contribution in [2.45, 2.75) is 76.9 Å². The molecule has 9 nitrogen and oxygen atoms in total. The highest BCUT2D eigenvalue weighted by atomic mass is 19.4. The van der Waals surface area contributed by atoms with E-state index in [-0.39, 0.29) is 49.5 Å². The van der Waals surface area contributed by atoms with E-state index in [0.717, 1.165) is 24.9 Å². The first-order valence-electron chi connectivity index (χ1n) is 14.7. The second-order valence-corrected chi connectivity index (χ2v) is 10.7. The number of rotatable bonds is 12. The molecule has 46 heavy (non-hydrogen) atoms. The van der Waals surface area contributed by atoms with Gasteiger partial charge in [0.2, 0.25) is 0 Å². The van der Waals surface area contributed by atoms with E-state index in [0.29, 0.717) is 30.5 Å². The maximum atomic E-state index is 13.6. The molecule has 0 fully saturated rings. The van der Waals surface area contributed by atoms with Crippen molar-refractivity contribution in [3.63, 3.8) is 0 Å². The van der Waals surface area contributed by atoms with Gasteiger partial charge in [0.1, 0.15) is 0 Å². The molecule has 0 spiro atoms. The van der Waals surface area contributed by atoms with E-state index < -0.39 is 59.9 Å². The van der Waals surface area contributed by atoms with Gasteiger partial charge >= 0.3 is 24.5 Å². The summed E-state index contributed by atoms with van der Waals surface area (Å²) >= 11 is 0. The standard InChI is InChI=1S/C31H38F6N2O7/c1-5-45-29(42)39-19(2)12-24(23-16-26(43-3)27(17-25(23)39)46-11-9-7-6-8-10-40)38(28(41)44-4)18-20-13-21(30(32,33)34)15-22(14-20)31(35,36)37/h13-17,19,24,40H,5-12,18H2,1-4H3. The van der Waals surface area contributed by atoms with Crippen LogP contribution in [0, 0.1) is 0 Å². The Morgan fingerprint density at radius 1 is 0.935 bits per heavy atom. The fraction of sp³-hybridized carbons (Fsp3) is 0.548. The van der Waals surface area contributed by atoms with Crippen molar-refractivity contribution in [3.05, 3.63) is 52.6 Å². The maximum absolute atomic E-state index is 13.6. The van der Waals surface area contributed by atoms with Crippen molar-refractivity contribution < 1.29 is 60.0 Å². The SMILES string of the molecule is CCOC(=O)N1c2cc(OCCCCCCO)c(OC)cc2C(N(Cc2cc(C(F)(F)F)cc(C(F)(F)F)c2)C(=O)OC)CC1C. The van der Waals surface area contributed by atoms with Crippen LogP contribution in [0.3, 0.4) is 0 Å². The predicted molar refractivity (Wildman–Crippen MR) is 155 cm³/mol. The van der Waals surface area contributed by atoms with Gasteiger partial charge in [0.25, 0.3) is 0 Å². The number of benzene rings is 2. The van der Waals surface area contributed by atoms with Crippen LogP contribution in [0.5, 0.6) is 11.5 Å². The number of amides is 2. The molecule has 15 heteroatoms. The summed E-state index contributed by atoms with van der Waals surface area (Å²) in [6.45, 7) is 3.04. The van der Waals surface area contributed by atoms with Crippen LogP contribution in [0.25, 0.3) is 0 Å². The zero-order valence-corrected chi connectivity index (χ0v) is 26.0. The molecule has 0 aromatic heterocycles. The van der Waals surface area contributed by atoms with Crippen LogP contribution in [-0.2, 0) is 28.4 Å². The summed E-state index contributed by atoms with van der Waals surface area (Å²) in [5, 5.41) is 8.98. The first kappa shape index (κ1) is 36.6. The van der Waals surface area contributed by atoms with Gasteiger partial charge in [0, 0.05) is 30.8 Å². The maximum Gasteiger partial charge on any atom is 0.416 e. The van der Waals surface area contributed by atoms with Gasteiger partial charge in [0.05, 0.1) is 50.3 Å². The molecule has 0 saturated heterocycles. The number of unbranched alkanes of at least 4 members (excludes halogenated alkanes) is 3. The molecule has 1 aliphatic rings. The molecule has 2 unspecified atom stereocenters. The lowest BCUT2D eigenvalue weighted by Gasteiger charge is -2.42. The summed E-state index contributed by atoms with van der Waals surface area (Å²) < 4.78 is 103. The van der Waals surface area contributed by atoms with Crippen molar-refractivity contribution >= 4 is 17.9 Å². The number of nitrogens with zero attached hydrogens (tertiary/aromatic N) is 2. The normalized spacial score (nSPS) is 16.5. The lowest BCUT2D eigenvalue weighted by Crippen LogP contribution is -2.47. The highest BCUT2D eigenvalue weighted by Crippen LogP contribution is 2.47. The Morgan fingerprint density at radius 3 is 2.11 bits per heavy atom. The fourth-order valence-corrected chi connectivity index (χ4v) is 5.35. The van der Waals surface area contributed by atoms with Gasteiger partial charge in [0.15, 0.2) is 11.5 Å². The number of aliphatic hydroxyl groups is 1. The molecular weight excluding hydrogens is 626 g/mol. The second-order valence-electron chi connectivity index (χ2n) is 10.7. The van der Waals surface area contributed by atoms with Gasteiger partial charge in [-0.25, -0.2) is 9.59 Å². The van der Waals surface area contributed by atoms with Crippen molar-refractivity contribution in [1.29, 1.82) is 0 Å². The van der Waals surface area contributed by atoms with Gasteiger partial charge in [-0.1, -0.05) is 6.42 Å². The van der Waals surface area contributed by atoms with Crippen LogP contribution in [0.4, 0.5) is 41.6 Å². The minimum absolute atomic E-state index is 0.0141. The van der Waals surface area contributed by atoms with E-state index >= 15 is 0 Å². The Bertz CT molecular complexity index is 1320. The third-order valence-corrected chi connectivity index (χ3v) is 7.50. The van der Waals surface area contributed by atoms with Crippen molar-refractivity contribution in [3.8, 4) is 11.5 Å². The van der Waals surface area contributed by atoms with E-state index in [9.17, 15) is 35.9 Å². The fourth-order valence-electron chi connectivity index (χ4n) is 5.35. The second kappa shape index (κ2) is 15.6. The Balaban J connectivity index is 2.13. The third-order valence-electron chi connectivity index (χ3n) is 7.50. The van der Waals surface area contributed by atoms with Crippen LogP contribution in [0.1, 0.15) is 74.2 Å². The number of hydrogen-bond donors (Lipinski definition) is 1. The number of carbonyl (C=O) groups is 2. The number of carbonyl (C=O) groups excluding carboxylic acids is 2. The number of anilines is 1. The van der Waals surface area contributed by atoms with E-state index in [1.807, 2.05) is 0 Å². The molecule has 0 saturated carbocycles. The topological polar surface area (TPSA) is 97.8 Å². The van der Waals surface area contributed by atoms with Gasteiger partial charge in [-0.05, 0) is 69.4 Å². The Morgan fingerprint density at radius 2 is 1.57 bits per heavy atom. The highest BCUT2D eigenvalue weighted by molar-refractivity contribution is 5.91. The van der Waals surface area contributed by atoms with Crippen LogP contribution in [0.2, 0.25) is 0 Å². The van der Waals surface area contributed by atoms with Crippen LogP contribution in [0.15, 0.2) is 30.3 Å². The molecular formula is C31H38F6N2O7. The molecule has 0 bridgehead atoms. The van der Waals surface area contributed by atoms with E-state index in [2.05, 4.69) is 0 Å². The molecule has 0 aliphatic carbocycles. The summed E-state index contributed by atoms with van der Waals surface area (Å²) in [7, 11) is 2.41. The number of halogens is 6. The smallest absolute Gasteiger partial charge is 0.416 e. The Kier molecular flexibility index (Phi) is 12.4. The molecule has 1 aliphatic heterocycles.